The number of fused-ring (bicyclic) bond motifs is 1. The first-order valence-corrected chi connectivity index (χ1v) is 6.04. The van der Waals surface area contributed by atoms with Gasteiger partial charge in [-0.25, -0.2) is 5.90 Å². The highest BCUT2D eigenvalue weighted by Gasteiger charge is 2.12. The smallest absolute Gasteiger partial charge is 0.108 e. The normalized spacial score (nSPS) is 11.6. The van der Waals surface area contributed by atoms with Gasteiger partial charge < -0.3 is 4.57 Å². The Morgan fingerprint density at radius 3 is 2.81 bits per heavy atom. The molecule has 4 heteroatoms. The molecule has 0 bridgehead atoms. The van der Waals surface area contributed by atoms with Gasteiger partial charge in [-0.2, -0.15) is 0 Å². The summed E-state index contributed by atoms with van der Waals surface area (Å²) in [5, 5.41) is 1.20. The summed E-state index contributed by atoms with van der Waals surface area (Å²) in [6, 6.07) is 8.70. The molecule has 0 spiro atoms. The van der Waals surface area contributed by atoms with Gasteiger partial charge in [-0.05, 0) is 32.0 Å². The van der Waals surface area contributed by atoms with Gasteiger partial charge in [-0.1, -0.05) is 22.0 Å². The van der Waals surface area contributed by atoms with E-state index in [0.29, 0.717) is 12.6 Å². The van der Waals surface area contributed by atoms with Gasteiger partial charge in [-0.15, -0.1) is 0 Å². The van der Waals surface area contributed by atoms with E-state index in [4.69, 9.17) is 10.7 Å². The lowest BCUT2D eigenvalue weighted by Crippen LogP contribution is -2.08. The molecule has 3 nitrogen and oxygen atoms in total. The summed E-state index contributed by atoms with van der Waals surface area (Å²) in [7, 11) is 0. The number of hydrogen-bond donors (Lipinski definition) is 1. The van der Waals surface area contributed by atoms with Crippen LogP contribution in [0.5, 0.6) is 0 Å². The summed E-state index contributed by atoms with van der Waals surface area (Å²) >= 11 is 3.56. The number of nitrogens with two attached hydrogens (primary N) is 1. The number of benzene rings is 1. The Hall–Kier alpha value is -0.840. The monoisotopic (exact) mass is 282 g/mol. The zero-order chi connectivity index (χ0) is 11.7. The van der Waals surface area contributed by atoms with Gasteiger partial charge >= 0.3 is 0 Å². The summed E-state index contributed by atoms with van der Waals surface area (Å²) < 4.78 is 3.34. The van der Waals surface area contributed by atoms with Gasteiger partial charge in [0.2, 0.25) is 0 Å². The first-order chi connectivity index (χ1) is 7.65. The summed E-state index contributed by atoms with van der Waals surface area (Å²) in [5.41, 5.74) is 2.30. The third-order valence-corrected chi connectivity index (χ3v) is 3.35. The molecule has 86 valence electrons. The maximum atomic E-state index is 5.16. The average molecular weight is 283 g/mol. The predicted octanol–water partition coefficient (Wildman–Crippen LogP) is 3.38. The van der Waals surface area contributed by atoms with Gasteiger partial charge in [0.25, 0.3) is 0 Å². The zero-order valence-electron chi connectivity index (χ0n) is 9.40. The summed E-state index contributed by atoms with van der Waals surface area (Å²) in [4.78, 5) is 4.75. The van der Waals surface area contributed by atoms with Crippen LogP contribution in [0.15, 0.2) is 28.7 Å². The molecule has 0 aliphatic heterocycles. The van der Waals surface area contributed by atoms with Crippen LogP contribution in [0.3, 0.4) is 0 Å². The maximum Gasteiger partial charge on any atom is 0.108 e. The molecule has 1 heterocycles. The molecule has 0 amide bonds. The molecule has 0 saturated heterocycles. The van der Waals surface area contributed by atoms with Crippen LogP contribution in [-0.2, 0) is 11.4 Å². The number of rotatable bonds is 3. The molecule has 0 atom stereocenters. The first kappa shape index (κ1) is 11.6. The van der Waals surface area contributed by atoms with Crippen molar-refractivity contribution in [1.82, 2.24) is 4.57 Å². The average Bonchev–Trinajstić information content (AvgIpc) is 2.58. The molecule has 2 rings (SSSR count). The molecule has 0 radical (unpaired) electrons. The van der Waals surface area contributed by atoms with Crippen molar-refractivity contribution in [2.24, 2.45) is 5.90 Å². The van der Waals surface area contributed by atoms with Gasteiger partial charge in [0, 0.05) is 27.1 Å². The van der Waals surface area contributed by atoms with Crippen LogP contribution >= 0.6 is 15.9 Å². The molecule has 2 aromatic rings. The van der Waals surface area contributed by atoms with E-state index in [1.165, 1.54) is 10.9 Å². The SMILES string of the molecule is CC(C)n1c(CON)cc2c(Br)cccc21. The zero-order valence-corrected chi connectivity index (χ0v) is 11.0. The molecule has 1 aromatic carbocycles. The van der Waals surface area contributed by atoms with Crippen molar-refractivity contribution in [3.63, 3.8) is 0 Å². The van der Waals surface area contributed by atoms with Gasteiger partial charge in [-0.3, -0.25) is 4.84 Å². The van der Waals surface area contributed by atoms with Crippen molar-refractivity contribution in [3.8, 4) is 0 Å². The van der Waals surface area contributed by atoms with Crippen LogP contribution in [-0.4, -0.2) is 4.57 Å². The van der Waals surface area contributed by atoms with Crippen molar-refractivity contribution in [2.45, 2.75) is 26.5 Å². The number of nitrogens with zero attached hydrogens (tertiary/aromatic N) is 1. The number of halogens is 1. The molecular formula is C12H15BrN2O. The summed E-state index contributed by atoms with van der Waals surface area (Å²) in [6.07, 6.45) is 0. The summed E-state index contributed by atoms with van der Waals surface area (Å²) in [5.74, 6) is 5.16. The molecule has 0 aliphatic rings. The molecule has 0 aliphatic carbocycles. The maximum absolute atomic E-state index is 5.16. The van der Waals surface area contributed by atoms with Crippen LogP contribution < -0.4 is 5.90 Å². The van der Waals surface area contributed by atoms with E-state index in [9.17, 15) is 0 Å². The lowest BCUT2D eigenvalue weighted by atomic mass is 10.2. The van der Waals surface area contributed by atoms with Crippen molar-refractivity contribution < 1.29 is 4.84 Å². The molecule has 16 heavy (non-hydrogen) atoms. The predicted molar refractivity (Wildman–Crippen MR) is 69.0 cm³/mol. The molecule has 2 N–H and O–H groups in total. The second kappa shape index (κ2) is 4.57. The first-order valence-electron chi connectivity index (χ1n) is 5.25. The van der Waals surface area contributed by atoms with Crippen molar-refractivity contribution in [3.05, 3.63) is 34.4 Å². The van der Waals surface area contributed by atoms with Crippen LogP contribution in [0, 0.1) is 0 Å². The van der Waals surface area contributed by atoms with E-state index in [2.05, 4.69) is 46.5 Å². The Labute approximate surface area is 103 Å². The Bertz CT molecular complexity index is 505. The van der Waals surface area contributed by atoms with Gasteiger partial charge in [0.15, 0.2) is 0 Å². The van der Waals surface area contributed by atoms with Gasteiger partial charge in [0.1, 0.15) is 6.61 Å². The van der Waals surface area contributed by atoms with Crippen molar-refractivity contribution in [1.29, 1.82) is 0 Å². The third kappa shape index (κ3) is 1.88. The Kier molecular flexibility index (Phi) is 3.33. The minimum atomic E-state index is 0.386. The van der Waals surface area contributed by atoms with Crippen LogP contribution in [0.25, 0.3) is 10.9 Å². The lowest BCUT2D eigenvalue weighted by molar-refractivity contribution is 0.118. The topological polar surface area (TPSA) is 40.2 Å². The standard InChI is InChI=1S/C12H15BrN2O/c1-8(2)15-9(7-16-14)6-10-11(13)4-3-5-12(10)15/h3-6,8H,7,14H2,1-2H3. The largest absolute Gasteiger partial charge is 0.340 e. The fourth-order valence-corrected chi connectivity index (χ4v) is 2.55. The number of aromatic nitrogens is 1. The van der Waals surface area contributed by atoms with Crippen LogP contribution in [0.2, 0.25) is 0 Å². The highest BCUT2D eigenvalue weighted by Crippen LogP contribution is 2.29. The molecule has 0 fully saturated rings. The Balaban J connectivity index is 2.70. The van der Waals surface area contributed by atoms with Gasteiger partial charge in [0.05, 0.1) is 0 Å². The Morgan fingerprint density at radius 1 is 1.44 bits per heavy atom. The molecule has 1 aromatic heterocycles. The molecule has 0 saturated carbocycles. The van der Waals surface area contributed by atoms with E-state index in [-0.39, 0.29) is 0 Å². The van der Waals surface area contributed by atoms with E-state index < -0.39 is 0 Å². The fraction of sp³-hybridized carbons (Fsp3) is 0.333. The second-order valence-corrected chi connectivity index (χ2v) is 4.94. The quantitative estimate of drug-likeness (QED) is 0.877. The molecular weight excluding hydrogens is 268 g/mol. The van der Waals surface area contributed by atoms with E-state index >= 15 is 0 Å². The minimum Gasteiger partial charge on any atom is -0.340 e. The molecule has 0 unspecified atom stereocenters. The van der Waals surface area contributed by atoms with Crippen molar-refractivity contribution >= 4 is 26.8 Å². The lowest BCUT2D eigenvalue weighted by Gasteiger charge is -2.13. The van der Waals surface area contributed by atoms with E-state index in [0.717, 1.165) is 10.2 Å². The Morgan fingerprint density at radius 2 is 2.19 bits per heavy atom. The highest BCUT2D eigenvalue weighted by atomic mass is 79.9. The minimum absolute atomic E-state index is 0.386. The summed E-state index contributed by atoms with van der Waals surface area (Å²) in [6.45, 7) is 4.74. The highest BCUT2D eigenvalue weighted by molar-refractivity contribution is 9.10. The fourth-order valence-electron chi connectivity index (χ4n) is 2.08. The van der Waals surface area contributed by atoms with Crippen LogP contribution in [0.4, 0.5) is 0 Å². The van der Waals surface area contributed by atoms with Crippen molar-refractivity contribution in [2.75, 3.05) is 0 Å². The van der Waals surface area contributed by atoms with Crippen LogP contribution in [0.1, 0.15) is 25.6 Å². The van der Waals surface area contributed by atoms with E-state index in [1.807, 2.05) is 12.1 Å². The third-order valence-electron chi connectivity index (χ3n) is 2.66. The second-order valence-electron chi connectivity index (χ2n) is 4.08. The number of hydrogen-bond acceptors (Lipinski definition) is 2. The van der Waals surface area contributed by atoms with E-state index in [1.54, 1.807) is 0 Å².